The molecule has 0 saturated heterocycles. The highest BCUT2D eigenvalue weighted by Gasteiger charge is 2.09. The van der Waals surface area contributed by atoms with Gasteiger partial charge in [0.2, 0.25) is 0 Å². The molecular weight excluding hydrogens is 394 g/mol. The molecule has 6 nitrogen and oxygen atoms in total. The Morgan fingerprint density at radius 1 is 0.968 bits per heavy atom. The van der Waals surface area contributed by atoms with Crippen LogP contribution in [0.1, 0.15) is 27.0 Å². The van der Waals surface area contributed by atoms with Gasteiger partial charge in [-0.3, -0.25) is 0 Å². The van der Waals surface area contributed by atoms with Gasteiger partial charge in [0.25, 0.3) is 0 Å². The van der Waals surface area contributed by atoms with Gasteiger partial charge in [-0.2, -0.15) is 5.26 Å². The number of nitriles is 1. The van der Waals surface area contributed by atoms with E-state index >= 15 is 0 Å². The third-order valence-corrected chi connectivity index (χ3v) is 4.59. The van der Waals surface area contributed by atoms with Crippen LogP contribution in [0.2, 0.25) is 0 Å². The summed E-state index contributed by atoms with van der Waals surface area (Å²) in [5.74, 6) is 0.817. The lowest BCUT2D eigenvalue weighted by Crippen LogP contribution is -1.99. The normalized spacial score (nSPS) is 10.8. The van der Waals surface area contributed by atoms with E-state index < -0.39 is 5.97 Å². The molecule has 0 aromatic heterocycles. The summed E-state index contributed by atoms with van der Waals surface area (Å²) in [5.41, 5.74) is 3.08. The highest BCUT2D eigenvalue weighted by atomic mass is 16.5. The summed E-state index contributed by atoms with van der Waals surface area (Å²) in [6.45, 7) is 0.299. The zero-order valence-corrected chi connectivity index (χ0v) is 17.2. The maximum Gasteiger partial charge on any atom is 0.335 e. The first-order valence-corrected chi connectivity index (χ1v) is 9.43. The molecule has 0 bridgehead atoms. The van der Waals surface area contributed by atoms with Crippen molar-refractivity contribution in [2.45, 2.75) is 6.61 Å². The average molecular weight is 415 g/mol. The topological polar surface area (TPSA) is 88.8 Å². The number of carbonyl (C=O) groups is 1. The molecule has 1 N–H and O–H groups in total. The van der Waals surface area contributed by atoms with E-state index in [0.717, 1.165) is 11.1 Å². The van der Waals surface area contributed by atoms with E-state index in [1.165, 1.54) is 0 Å². The Balaban J connectivity index is 1.77. The van der Waals surface area contributed by atoms with E-state index in [1.807, 2.05) is 24.3 Å². The van der Waals surface area contributed by atoms with Crippen molar-refractivity contribution in [3.8, 4) is 23.3 Å². The standard InChI is InChI=1S/C25H21NO5/c1-29-23-11-10-20(14-24(23)30-2)21(15-26)12-18-4-3-5-22(13-18)31-16-17-6-8-19(9-7-17)25(27)28/h3-14H,16H2,1-2H3,(H,27,28)/b21-12+. The summed E-state index contributed by atoms with van der Waals surface area (Å²) in [6, 6.07) is 21.5. The second kappa shape index (κ2) is 9.99. The quantitative estimate of drug-likeness (QED) is 0.409. The van der Waals surface area contributed by atoms with Crippen LogP contribution in [0.4, 0.5) is 0 Å². The number of hydrogen-bond donors (Lipinski definition) is 1. The van der Waals surface area contributed by atoms with Gasteiger partial charge in [-0.1, -0.05) is 24.3 Å². The minimum atomic E-state index is -0.963. The smallest absolute Gasteiger partial charge is 0.335 e. The molecular formula is C25H21NO5. The molecule has 0 saturated carbocycles. The third-order valence-electron chi connectivity index (χ3n) is 4.59. The Morgan fingerprint density at radius 3 is 2.32 bits per heavy atom. The summed E-state index contributed by atoms with van der Waals surface area (Å²) in [6.07, 6.45) is 1.77. The van der Waals surface area contributed by atoms with Crippen LogP contribution >= 0.6 is 0 Å². The van der Waals surface area contributed by atoms with Crippen molar-refractivity contribution in [2.75, 3.05) is 14.2 Å². The van der Waals surface area contributed by atoms with Crippen LogP contribution < -0.4 is 14.2 Å². The Hall–Kier alpha value is -4.24. The number of allylic oxidation sites excluding steroid dienone is 1. The fourth-order valence-corrected chi connectivity index (χ4v) is 2.95. The highest BCUT2D eigenvalue weighted by molar-refractivity contribution is 5.90. The molecule has 0 heterocycles. The van der Waals surface area contributed by atoms with Crippen molar-refractivity contribution >= 4 is 17.6 Å². The van der Waals surface area contributed by atoms with Crippen LogP contribution in [0.5, 0.6) is 17.2 Å². The number of rotatable bonds is 8. The number of methoxy groups -OCH3 is 2. The second-order valence-corrected chi connectivity index (χ2v) is 6.60. The molecule has 0 aliphatic rings. The lowest BCUT2D eigenvalue weighted by atomic mass is 10.0. The van der Waals surface area contributed by atoms with Crippen LogP contribution in [0.3, 0.4) is 0 Å². The number of carboxylic acid groups (broad SMARTS) is 1. The first-order chi connectivity index (χ1) is 15.0. The minimum absolute atomic E-state index is 0.232. The largest absolute Gasteiger partial charge is 0.493 e. The first kappa shape index (κ1) is 21.5. The molecule has 31 heavy (non-hydrogen) atoms. The van der Waals surface area contributed by atoms with E-state index in [1.54, 1.807) is 62.8 Å². The van der Waals surface area contributed by atoms with Gasteiger partial charge in [0.15, 0.2) is 11.5 Å². The Morgan fingerprint density at radius 2 is 1.68 bits per heavy atom. The Bertz CT molecular complexity index is 1140. The van der Waals surface area contributed by atoms with Gasteiger partial charge in [-0.05, 0) is 65.2 Å². The maximum atomic E-state index is 10.9. The number of hydrogen-bond acceptors (Lipinski definition) is 5. The van der Waals surface area contributed by atoms with Gasteiger partial charge in [0, 0.05) is 0 Å². The number of aromatic carboxylic acids is 1. The molecule has 0 radical (unpaired) electrons. The predicted octanol–water partition coefficient (Wildman–Crippen LogP) is 5.05. The fraction of sp³-hybridized carbons (Fsp3) is 0.120. The Kier molecular flexibility index (Phi) is 6.92. The lowest BCUT2D eigenvalue weighted by molar-refractivity contribution is 0.0697. The molecule has 3 aromatic carbocycles. The van der Waals surface area contributed by atoms with E-state index in [-0.39, 0.29) is 5.56 Å². The van der Waals surface area contributed by atoms with Gasteiger partial charge >= 0.3 is 5.97 Å². The van der Waals surface area contributed by atoms with E-state index in [4.69, 9.17) is 19.3 Å². The van der Waals surface area contributed by atoms with Gasteiger partial charge in [0.1, 0.15) is 12.4 Å². The highest BCUT2D eigenvalue weighted by Crippen LogP contribution is 2.31. The predicted molar refractivity (Wildman–Crippen MR) is 117 cm³/mol. The monoisotopic (exact) mass is 415 g/mol. The molecule has 156 valence electrons. The van der Waals surface area contributed by atoms with Gasteiger partial charge in [0.05, 0.1) is 31.4 Å². The van der Waals surface area contributed by atoms with Crippen LogP contribution in [0, 0.1) is 11.3 Å². The van der Waals surface area contributed by atoms with Crippen LogP contribution in [0.15, 0.2) is 66.7 Å². The van der Waals surface area contributed by atoms with E-state index in [9.17, 15) is 10.1 Å². The number of carboxylic acids is 1. The molecule has 0 aliphatic heterocycles. The maximum absolute atomic E-state index is 10.9. The molecule has 3 aromatic rings. The summed E-state index contributed by atoms with van der Waals surface area (Å²) in [5, 5.41) is 18.6. The lowest BCUT2D eigenvalue weighted by Gasteiger charge is -2.10. The SMILES string of the molecule is COc1ccc(/C(C#N)=C/c2cccc(OCc3ccc(C(=O)O)cc3)c2)cc1OC. The van der Waals surface area contributed by atoms with Crippen molar-refractivity contribution in [1.82, 2.24) is 0 Å². The van der Waals surface area contributed by atoms with Crippen molar-refractivity contribution < 1.29 is 24.1 Å². The summed E-state index contributed by atoms with van der Waals surface area (Å²) < 4.78 is 16.4. The number of benzene rings is 3. The molecule has 6 heteroatoms. The van der Waals surface area contributed by atoms with Gasteiger partial charge in [-0.25, -0.2) is 4.79 Å². The third kappa shape index (κ3) is 5.43. The summed E-state index contributed by atoms with van der Waals surface area (Å²) in [4.78, 5) is 10.9. The molecule has 0 atom stereocenters. The average Bonchev–Trinajstić information content (AvgIpc) is 2.81. The first-order valence-electron chi connectivity index (χ1n) is 9.43. The fourth-order valence-electron chi connectivity index (χ4n) is 2.95. The second-order valence-electron chi connectivity index (χ2n) is 6.60. The van der Waals surface area contributed by atoms with Crippen molar-refractivity contribution in [3.05, 3.63) is 89.0 Å². The summed E-state index contributed by atoms with van der Waals surface area (Å²) >= 11 is 0. The zero-order chi connectivity index (χ0) is 22.2. The van der Waals surface area contributed by atoms with Crippen molar-refractivity contribution in [3.63, 3.8) is 0 Å². The van der Waals surface area contributed by atoms with Crippen molar-refractivity contribution in [1.29, 1.82) is 5.26 Å². The molecule has 0 aliphatic carbocycles. The minimum Gasteiger partial charge on any atom is -0.493 e. The van der Waals surface area contributed by atoms with Crippen LogP contribution in [0.25, 0.3) is 11.6 Å². The molecule has 0 fully saturated rings. The number of nitrogens with zero attached hydrogens (tertiary/aromatic N) is 1. The van der Waals surface area contributed by atoms with E-state index in [2.05, 4.69) is 6.07 Å². The summed E-state index contributed by atoms with van der Waals surface area (Å²) in [7, 11) is 3.11. The van der Waals surface area contributed by atoms with Gasteiger partial charge in [-0.15, -0.1) is 0 Å². The number of ether oxygens (including phenoxy) is 3. The molecule has 0 spiro atoms. The Labute approximate surface area is 180 Å². The molecule has 3 rings (SSSR count). The molecule has 0 unspecified atom stereocenters. The van der Waals surface area contributed by atoms with Crippen LogP contribution in [-0.2, 0) is 6.61 Å². The zero-order valence-electron chi connectivity index (χ0n) is 17.2. The van der Waals surface area contributed by atoms with Crippen molar-refractivity contribution in [2.24, 2.45) is 0 Å². The van der Waals surface area contributed by atoms with Gasteiger partial charge < -0.3 is 19.3 Å². The van der Waals surface area contributed by atoms with E-state index in [0.29, 0.717) is 35.0 Å². The van der Waals surface area contributed by atoms with Crippen LogP contribution in [-0.4, -0.2) is 25.3 Å². The molecule has 0 amide bonds.